The normalized spacial score (nSPS) is 11.0. The van der Waals surface area contributed by atoms with Crippen LogP contribution in [0.2, 0.25) is 0 Å². The number of hydrogen-bond donors (Lipinski definition) is 2. The average molecular weight is 383 g/mol. The maximum Gasteiger partial charge on any atom is 0.271 e. The highest BCUT2D eigenvalue weighted by Gasteiger charge is 2.11. The highest BCUT2D eigenvalue weighted by atomic mass is 16.5. The zero-order valence-electron chi connectivity index (χ0n) is 16.8. The van der Waals surface area contributed by atoms with Crippen LogP contribution in [0.1, 0.15) is 34.8 Å². The summed E-state index contributed by atoms with van der Waals surface area (Å²) in [4.78, 5) is 24.4. The summed E-state index contributed by atoms with van der Waals surface area (Å²) in [5.74, 6) is 0.370. The van der Waals surface area contributed by atoms with Crippen molar-refractivity contribution in [3.8, 4) is 11.5 Å². The fraction of sp³-hybridized carbons (Fsp3) is 0.286. The van der Waals surface area contributed by atoms with Gasteiger partial charge in [0, 0.05) is 17.0 Å². The molecule has 28 heavy (non-hydrogen) atoms. The van der Waals surface area contributed by atoms with E-state index in [1.54, 1.807) is 25.1 Å². The van der Waals surface area contributed by atoms with Gasteiger partial charge >= 0.3 is 0 Å². The quantitative estimate of drug-likeness (QED) is 0.566. The fourth-order valence-corrected chi connectivity index (χ4v) is 2.61. The Morgan fingerprint density at radius 1 is 1.00 bits per heavy atom. The first-order valence-corrected chi connectivity index (χ1v) is 8.76. The Morgan fingerprint density at radius 3 is 2.36 bits per heavy atom. The van der Waals surface area contributed by atoms with E-state index in [1.165, 1.54) is 14.2 Å². The smallest absolute Gasteiger partial charge is 0.271 e. The molecule has 0 unspecified atom stereocenters. The number of aryl methyl sites for hydroxylation is 2. The summed E-state index contributed by atoms with van der Waals surface area (Å²) in [7, 11) is 3.02. The fourth-order valence-electron chi connectivity index (χ4n) is 2.61. The Bertz CT molecular complexity index is 907. The highest BCUT2D eigenvalue weighted by Crippen LogP contribution is 2.27. The third-order valence-corrected chi connectivity index (χ3v) is 4.07. The molecule has 2 rings (SSSR count). The molecule has 0 atom stereocenters. The van der Waals surface area contributed by atoms with Crippen molar-refractivity contribution in [1.82, 2.24) is 5.43 Å². The third kappa shape index (κ3) is 5.57. The molecular formula is C21H25N3O4. The van der Waals surface area contributed by atoms with Gasteiger partial charge < -0.3 is 14.8 Å². The molecule has 0 saturated carbocycles. The molecule has 0 bridgehead atoms. The van der Waals surface area contributed by atoms with E-state index in [2.05, 4.69) is 15.8 Å². The number of nitrogens with one attached hydrogen (secondary N) is 2. The van der Waals surface area contributed by atoms with Crippen molar-refractivity contribution in [3.05, 3.63) is 53.1 Å². The predicted molar refractivity (Wildman–Crippen MR) is 109 cm³/mol. The predicted octanol–water partition coefficient (Wildman–Crippen LogP) is 3.46. The second kappa shape index (κ2) is 9.55. The van der Waals surface area contributed by atoms with Crippen LogP contribution in [0.3, 0.4) is 0 Å². The SMILES string of the molecule is COc1ccc(C(=O)NN=C(C)CC(=O)Nc2ccc(C)cc2C)cc1OC. The van der Waals surface area contributed by atoms with E-state index in [1.807, 2.05) is 32.0 Å². The van der Waals surface area contributed by atoms with E-state index in [9.17, 15) is 9.59 Å². The highest BCUT2D eigenvalue weighted by molar-refractivity contribution is 6.06. The third-order valence-electron chi connectivity index (χ3n) is 4.07. The maximum atomic E-state index is 12.3. The number of carbonyl (C=O) groups excluding carboxylic acids is 2. The van der Waals surface area contributed by atoms with Crippen LogP contribution < -0.4 is 20.2 Å². The first kappa shape index (κ1) is 21.0. The summed E-state index contributed by atoms with van der Waals surface area (Å²) in [5.41, 5.74) is 6.18. The van der Waals surface area contributed by atoms with Gasteiger partial charge in [-0.1, -0.05) is 17.7 Å². The number of nitrogens with zero attached hydrogens (tertiary/aromatic N) is 1. The molecule has 0 radical (unpaired) electrons. The lowest BCUT2D eigenvalue weighted by atomic mass is 10.1. The number of amides is 2. The van der Waals surface area contributed by atoms with Crippen LogP contribution in [-0.2, 0) is 4.79 Å². The molecule has 2 amide bonds. The van der Waals surface area contributed by atoms with Crippen LogP contribution in [0, 0.1) is 13.8 Å². The van der Waals surface area contributed by atoms with Gasteiger partial charge in [0.2, 0.25) is 5.91 Å². The minimum Gasteiger partial charge on any atom is -0.493 e. The topological polar surface area (TPSA) is 89.0 Å². The zero-order valence-corrected chi connectivity index (χ0v) is 16.8. The molecule has 0 aliphatic rings. The maximum absolute atomic E-state index is 12.3. The molecule has 0 spiro atoms. The number of ether oxygens (including phenoxy) is 2. The van der Waals surface area contributed by atoms with E-state index < -0.39 is 5.91 Å². The molecule has 2 aromatic rings. The number of benzene rings is 2. The second-order valence-electron chi connectivity index (χ2n) is 6.40. The van der Waals surface area contributed by atoms with Gasteiger partial charge in [-0.2, -0.15) is 5.10 Å². The minimum absolute atomic E-state index is 0.0690. The lowest BCUT2D eigenvalue weighted by molar-refractivity contribution is -0.115. The van der Waals surface area contributed by atoms with Gasteiger partial charge in [-0.3, -0.25) is 9.59 Å². The molecule has 0 saturated heterocycles. The van der Waals surface area contributed by atoms with E-state index in [-0.39, 0.29) is 12.3 Å². The van der Waals surface area contributed by atoms with Crippen molar-refractivity contribution in [2.75, 3.05) is 19.5 Å². The van der Waals surface area contributed by atoms with Gasteiger partial charge in [-0.25, -0.2) is 5.43 Å². The lowest BCUT2D eigenvalue weighted by Crippen LogP contribution is -2.21. The Balaban J connectivity index is 1.96. The van der Waals surface area contributed by atoms with Gasteiger partial charge in [0.1, 0.15) is 0 Å². The van der Waals surface area contributed by atoms with E-state index in [0.29, 0.717) is 22.8 Å². The number of hydrazone groups is 1. The van der Waals surface area contributed by atoms with Crippen molar-refractivity contribution in [2.45, 2.75) is 27.2 Å². The monoisotopic (exact) mass is 383 g/mol. The van der Waals surface area contributed by atoms with Crippen LogP contribution in [-0.4, -0.2) is 31.7 Å². The van der Waals surface area contributed by atoms with Gasteiger partial charge in [0.05, 0.1) is 20.6 Å². The molecule has 148 valence electrons. The summed E-state index contributed by atoms with van der Waals surface area (Å²) in [5, 5.41) is 6.85. The Morgan fingerprint density at radius 2 is 1.71 bits per heavy atom. The van der Waals surface area contributed by atoms with E-state index in [4.69, 9.17) is 9.47 Å². The molecule has 0 heterocycles. The number of anilines is 1. The molecule has 0 aliphatic heterocycles. The summed E-state index contributed by atoms with van der Waals surface area (Å²) >= 11 is 0. The molecular weight excluding hydrogens is 358 g/mol. The number of hydrogen-bond acceptors (Lipinski definition) is 5. The van der Waals surface area contributed by atoms with Crippen LogP contribution in [0.4, 0.5) is 5.69 Å². The van der Waals surface area contributed by atoms with Crippen LogP contribution in [0.15, 0.2) is 41.5 Å². The zero-order chi connectivity index (χ0) is 20.7. The molecule has 2 N–H and O–H groups in total. The van der Waals surface area contributed by atoms with E-state index in [0.717, 1.165) is 16.8 Å². The molecule has 7 heteroatoms. The first-order valence-electron chi connectivity index (χ1n) is 8.76. The summed E-state index contributed by atoms with van der Waals surface area (Å²) < 4.78 is 10.3. The number of rotatable bonds is 7. The van der Waals surface area contributed by atoms with Gasteiger partial charge in [0.15, 0.2) is 11.5 Å². The van der Waals surface area contributed by atoms with Crippen LogP contribution >= 0.6 is 0 Å². The van der Waals surface area contributed by atoms with Gasteiger partial charge in [-0.05, 0) is 50.6 Å². The number of methoxy groups -OCH3 is 2. The van der Waals surface area contributed by atoms with Crippen molar-refractivity contribution in [1.29, 1.82) is 0 Å². The molecule has 0 fully saturated rings. The lowest BCUT2D eigenvalue weighted by Gasteiger charge is -2.10. The Labute approximate surface area is 164 Å². The molecule has 0 aliphatic carbocycles. The number of carbonyl (C=O) groups is 2. The van der Waals surface area contributed by atoms with Crippen molar-refractivity contribution in [2.24, 2.45) is 5.10 Å². The van der Waals surface area contributed by atoms with Gasteiger partial charge in [0.25, 0.3) is 5.91 Å². The Hall–Kier alpha value is -3.35. The van der Waals surface area contributed by atoms with E-state index >= 15 is 0 Å². The molecule has 0 aromatic heterocycles. The molecule has 2 aromatic carbocycles. The van der Waals surface area contributed by atoms with Crippen LogP contribution in [0.5, 0.6) is 11.5 Å². The summed E-state index contributed by atoms with van der Waals surface area (Å²) in [6.07, 6.45) is 0.0690. The standard InChI is InChI=1S/C21H25N3O4/c1-13-6-8-17(14(2)10-13)22-20(25)11-15(3)23-24-21(26)16-7-9-18(27-4)19(12-16)28-5/h6-10,12H,11H2,1-5H3,(H,22,25)(H,24,26). The first-order chi connectivity index (χ1) is 13.3. The van der Waals surface area contributed by atoms with Gasteiger partial charge in [-0.15, -0.1) is 0 Å². The summed E-state index contributed by atoms with van der Waals surface area (Å²) in [6.45, 7) is 5.61. The van der Waals surface area contributed by atoms with Crippen molar-refractivity contribution < 1.29 is 19.1 Å². The Kier molecular flexibility index (Phi) is 7.14. The summed E-state index contributed by atoms with van der Waals surface area (Å²) in [6, 6.07) is 10.6. The largest absolute Gasteiger partial charge is 0.493 e. The second-order valence-corrected chi connectivity index (χ2v) is 6.40. The van der Waals surface area contributed by atoms with Crippen molar-refractivity contribution >= 4 is 23.2 Å². The molecule has 7 nitrogen and oxygen atoms in total. The average Bonchev–Trinajstić information content (AvgIpc) is 2.67. The van der Waals surface area contributed by atoms with Crippen molar-refractivity contribution in [3.63, 3.8) is 0 Å². The van der Waals surface area contributed by atoms with Crippen LogP contribution in [0.25, 0.3) is 0 Å². The minimum atomic E-state index is -0.407.